The van der Waals surface area contributed by atoms with Gasteiger partial charge in [0, 0.05) is 11.6 Å². The topological polar surface area (TPSA) is 125 Å². The fraction of sp³-hybridized carbons (Fsp3) is 0.227. The van der Waals surface area contributed by atoms with E-state index in [2.05, 4.69) is 10.3 Å². The summed E-state index contributed by atoms with van der Waals surface area (Å²) in [6, 6.07) is 8.39. The van der Waals surface area contributed by atoms with Gasteiger partial charge >= 0.3 is 11.9 Å². The monoisotopic (exact) mass is 424 g/mol. The van der Waals surface area contributed by atoms with E-state index in [1.54, 1.807) is 43.5 Å². The van der Waals surface area contributed by atoms with Crippen LogP contribution in [0.3, 0.4) is 0 Å². The minimum atomic E-state index is -0.805. The predicted octanol–water partition coefficient (Wildman–Crippen LogP) is 3.31. The molecule has 0 aliphatic rings. The molecule has 0 fully saturated rings. The molecule has 0 spiro atoms. The second-order valence-electron chi connectivity index (χ2n) is 6.51. The number of ether oxygens (including phenoxy) is 2. The Bertz CT molecular complexity index is 1170. The van der Waals surface area contributed by atoms with Gasteiger partial charge in [-0.1, -0.05) is 12.1 Å². The van der Waals surface area contributed by atoms with Crippen molar-refractivity contribution in [3.8, 4) is 0 Å². The second kappa shape index (κ2) is 9.21. The van der Waals surface area contributed by atoms with E-state index in [0.717, 1.165) is 0 Å². The van der Waals surface area contributed by atoms with Gasteiger partial charge < -0.3 is 13.9 Å². The Balaban J connectivity index is 1.75. The molecule has 9 heteroatoms. The molecule has 3 rings (SSSR count). The number of hydrogen-bond acceptors (Lipinski definition) is 8. The summed E-state index contributed by atoms with van der Waals surface area (Å²) < 4.78 is 15.4. The van der Waals surface area contributed by atoms with E-state index in [4.69, 9.17) is 13.9 Å². The standard InChI is InChI=1S/C22H20N2O7/c1-4-29-22(28)19-18(12(2)25)13(3)31-20(19)24-17(26)11-30-21(27)15-7-5-9-16-14(15)8-6-10-23-16/h5-10H,4,11H2,1-3H3,(H,24,26). The highest BCUT2D eigenvalue weighted by Gasteiger charge is 2.29. The van der Waals surface area contributed by atoms with Gasteiger partial charge in [0.2, 0.25) is 5.88 Å². The maximum Gasteiger partial charge on any atom is 0.344 e. The van der Waals surface area contributed by atoms with Crippen LogP contribution in [-0.2, 0) is 14.3 Å². The number of nitrogens with zero attached hydrogens (tertiary/aromatic N) is 1. The van der Waals surface area contributed by atoms with Crippen molar-refractivity contribution in [2.45, 2.75) is 20.8 Å². The number of esters is 2. The Morgan fingerprint density at radius 3 is 2.52 bits per heavy atom. The van der Waals surface area contributed by atoms with Crippen LogP contribution in [0.4, 0.5) is 5.88 Å². The molecular formula is C22H20N2O7. The molecule has 0 saturated heterocycles. The average Bonchev–Trinajstić information content (AvgIpc) is 3.07. The van der Waals surface area contributed by atoms with Crippen LogP contribution in [0, 0.1) is 6.92 Å². The van der Waals surface area contributed by atoms with Crippen LogP contribution in [0.2, 0.25) is 0 Å². The second-order valence-corrected chi connectivity index (χ2v) is 6.51. The van der Waals surface area contributed by atoms with Gasteiger partial charge in [-0.15, -0.1) is 0 Å². The van der Waals surface area contributed by atoms with E-state index in [1.807, 2.05) is 0 Å². The predicted molar refractivity (Wildman–Crippen MR) is 110 cm³/mol. The fourth-order valence-electron chi connectivity index (χ4n) is 3.11. The highest BCUT2D eigenvalue weighted by Crippen LogP contribution is 2.28. The summed E-state index contributed by atoms with van der Waals surface area (Å²) in [4.78, 5) is 53.2. The smallest absolute Gasteiger partial charge is 0.344 e. The van der Waals surface area contributed by atoms with Crippen molar-refractivity contribution in [3.63, 3.8) is 0 Å². The van der Waals surface area contributed by atoms with Gasteiger partial charge in [0.15, 0.2) is 12.4 Å². The van der Waals surface area contributed by atoms with Crippen molar-refractivity contribution < 1.29 is 33.1 Å². The first kappa shape index (κ1) is 21.7. The molecule has 1 N–H and O–H groups in total. The van der Waals surface area contributed by atoms with Gasteiger partial charge in [0.1, 0.15) is 11.3 Å². The first-order valence-corrected chi connectivity index (χ1v) is 9.45. The first-order valence-electron chi connectivity index (χ1n) is 9.45. The SMILES string of the molecule is CCOC(=O)c1c(NC(=O)COC(=O)c2cccc3ncccc23)oc(C)c1C(C)=O. The maximum absolute atomic E-state index is 12.5. The molecule has 0 unspecified atom stereocenters. The molecule has 0 radical (unpaired) electrons. The number of carbonyl (C=O) groups is 4. The minimum absolute atomic E-state index is 0.0222. The number of rotatable bonds is 7. The number of carbonyl (C=O) groups excluding carboxylic acids is 4. The number of furan rings is 1. The summed E-state index contributed by atoms with van der Waals surface area (Å²) >= 11 is 0. The van der Waals surface area contributed by atoms with Crippen molar-refractivity contribution in [1.82, 2.24) is 4.98 Å². The number of pyridine rings is 1. The summed E-state index contributed by atoms with van der Waals surface area (Å²) in [7, 11) is 0. The number of Topliss-reactive ketones (excluding diaryl/α,β-unsaturated/α-hetero) is 1. The van der Waals surface area contributed by atoms with Crippen LogP contribution >= 0.6 is 0 Å². The number of fused-ring (bicyclic) bond motifs is 1. The molecule has 1 aromatic carbocycles. The Labute approximate surface area is 177 Å². The van der Waals surface area contributed by atoms with E-state index in [9.17, 15) is 19.2 Å². The number of nitrogens with one attached hydrogen (secondary N) is 1. The first-order chi connectivity index (χ1) is 14.8. The molecule has 0 aliphatic carbocycles. The molecule has 0 atom stereocenters. The summed E-state index contributed by atoms with van der Waals surface area (Å²) in [5, 5.41) is 2.95. The lowest BCUT2D eigenvalue weighted by Gasteiger charge is -2.08. The lowest BCUT2D eigenvalue weighted by atomic mass is 10.1. The molecule has 1 amide bonds. The van der Waals surface area contributed by atoms with Crippen molar-refractivity contribution in [2.75, 3.05) is 18.5 Å². The van der Waals surface area contributed by atoms with Crippen molar-refractivity contribution >= 4 is 40.4 Å². The Morgan fingerprint density at radius 1 is 1.03 bits per heavy atom. The normalized spacial score (nSPS) is 10.5. The van der Waals surface area contributed by atoms with Crippen LogP contribution in [-0.4, -0.2) is 41.8 Å². The van der Waals surface area contributed by atoms with Crippen molar-refractivity contribution in [1.29, 1.82) is 0 Å². The Morgan fingerprint density at radius 2 is 1.81 bits per heavy atom. The van der Waals surface area contributed by atoms with Crippen molar-refractivity contribution in [2.24, 2.45) is 0 Å². The number of hydrogen-bond donors (Lipinski definition) is 1. The number of anilines is 1. The molecule has 0 saturated carbocycles. The minimum Gasteiger partial charge on any atom is -0.462 e. The van der Waals surface area contributed by atoms with E-state index in [-0.39, 0.29) is 34.9 Å². The molecule has 3 aromatic rings. The number of aromatic nitrogens is 1. The largest absolute Gasteiger partial charge is 0.462 e. The lowest BCUT2D eigenvalue weighted by Crippen LogP contribution is -2.22. The zero-order chi connectivity index (χ0) is 22.5. The van der Waals surface area contributed by atoms with Crippen LogP contribution in [0.1, 0.15) is 50.7 Å². The molecule has 2 heterocycles. The lowest BCUT2D eigenvalue weighted by molar-refractivity contribution is -0.119. The van der Waals surface area contributed by atoms with Gasteiger partial charge in [-0.25, -0.2) is 9.59 Å². The average molecular weight is 424 g/mol. The van der Waals surface area contributed by atoms with Gasteiger partial charge in [0.25, 0.3) is 5.91 Å². The molecule has 9 nitrogen and oxygen atoms in total. The molecule has 2 aromatic heterocycles. The number of benzene rings is 1. The van der Waals surface area contributed by atoms with Crippen molar-refractivity contribution in [3.05, 3.63) is 59.0 Å². The third kappa shape index (κ3) is 4.61. The van der Waals surface area contributed by atoms with E-state index in [1.165, 1.54) is 13.8 Å². The zero-order valence-electron chi connectivity index (χ0n) is 17.2. The number of aryl methyl sites for hydroxylation is 1. The number of amides is 1. The molecule has 0 bridgehead atoms. The summed E-state index contributed by atoms with van der Waals surface area (Å²) in [5.74, 6) is -2.76. The highest BCUT2D eigenvalue weighted by atomic mass is 16.5. The maximum atomic E-state index is 12.5. The Kier molecular flexibility index (Phi) is 6.44. The van der Waals surface area contributed by atoms with E-state index in [0.29, 0.717) is 10.9 Å². The van der Waals surface area contributed by atoms with Gasteiger partial charge in [-0.2, -0.15) is 0 Å². The number of ketones is 1. The molecule has 160 valence electrons. The zero-order valence-corrected chi connectivity index (χ0v) is 17.2. The fourth-order valence-corrected chi connectivity index (χ4v) is 3.11. The summed E-state index contributed by atoms with van der Waals surface area (Å²) in [6.45, 7) is 3.81. The molecular weight excluding hydrogens is 404 g/mol. The summed E-state index contributed by atoms with van der Waals surface area (Å²) in [6.07, 6.45) is 1.60. The van der Waals surface area contributed by atoms with E-state index < -0.39 is 30.2 Å². The van der Waals surface area contributed by atoms with Crippen LogP contribution in [0.25, 0.3) is 10.9 Å². The Hall–Kier alpha value is -4.01. The third-order valence-corrected chi connectivity index (χ3v) is 4.37. The third-order valence-electron chi connectivity index (χ3n) is 4.37. The van der Waals surface area contributed by atoms with Gasteiger partial charge in [-0.05, 0) is 39.0 Å². The van der Waals surface area contributed by atoms with Crippen LogP contribution < -0.4 is 5.32 Å². The van der Waals surface area contributed by atoms with Gasteiger partial charge in [0.05, 0.1) is 23.3 Å². The summed E-state index contributed by atoms with van der Waals surface area (Å²) in [5.41, 5.74) is 0.724. The van der Waals surface area contributed by atoms with Crippen LogP contribution in [0.15, 0.2) is 40.9 Å². The highest BCUT2D eigenvalue weighted by molar-refractivity contribution is 6.11. The molecule has 0 aliphatic heterocycles. The molecule has 31 heavy (non-hydrogen) atoms. The van der Waals surface area contributed by atoms with Crippen LogP contribution in [0.5, 0.6) is 0 Å². The van der Waals surface area contributed by atoms with Gasteiger partial charge in [-0.3, -0.25) is 19.9 Å². The quantitative estimate of drug-likeness (QED) is 0.452. The van der Waals surface area contributed by atoms with E-state index >= 15 is 0 Å².